The van der Waals surface area contributed by atoms with E-state index in [4.69, 9.17) is 18.8 Å². The van der Waals surface area contributed by atoms with E-state index in [2.05, 4.69) is 0 Å². The molecule has 1 fully saturated rings. The van der Waals surface area contributed by atoms with E-state index in [0.717, 1.165) is 21.5 Å². The molecule has 190 valence electrons. The van der Waals surface area contributed by atoms with Gasteiger partial charge in [0, 0.05) is 6.04 Å². The van der Waals surface area contributed by atoms with E-state index in [1.165, 1.54) is 0 Å². The molecule has 0 aromatic heterocycles. The number of rotatable bonds is 4. The first-order chi connectivity index (χ1) is 15.2. The van der Waals surface area contributed by atoms with Crippen LogP contribution in [0, 0.1) is 6.92 Å². The quantitative estimate of drug-likeness (QED) is 0.543. The summed E-state index contributed by atoms with van der Waals surface area (Å²) in [5.41, 5.74) is 0.397. The highest BCUT2D eigenvalue weighted by Crippen LogP contribution is 2.37. The fourth-order valence-electron chi connectivity index (χ4n) is 3.58. The molecule has 1 aromatic rings. The van der Waals surface area contributed by atoms with Crippen LogP contribution in [0.1, 0.15) is 87.3 Å². The number of imide groups is 1. The lowest BCUT2D eigenvalue weighted by Crippen LogP contribution is -2.49. The van der Waals surface area contributed by atoms with Gasteiger partial charge >= 0.3 is 19.3 Å². The van der Waals surface area contributed by atoms with Crippen molar-refractivity contribution in [1.82, 2.24) is 4.90 Å². The molecule has 34 heavy (non-hydrogen) atoms. The summed E-state index contributed by atoms with van der Waals surface area (Å²) in [6, 6.07) is 5.51. The lowest BCUT2D eigenvalue weighted by Gasteiger charge is -2.32. The Kier molecular flexibility index (Phi) is 7.90. The summed E-state index contributed by atoms with van der Waals surface area (Å²) in [7, 11) is -0.552. The van der Waals surface area contributed by atoms with Crippen molar-refractivity contribution in [1.29, 1.82) is 0 Å². The summed E-state index contributed by atoms with van der Waals surface area (Å²) in [6.07, 6.45) is -1.09. The van der Waals surface area contributed by atoms with Crippen molar-refractivity contribution in [2.45, 2.75) is 118 Å². The maximum atomic E-state index is 13.0. The molecule has 1 heterocycles. The average molecular weight is 475 g/mol. The molecule has 2 rings (SSSR count). The average Bonchev–Trinajstić information content (AvgIpc) is 2.79. The van der Waals surface area contributed by atoms with E-state index < -0.39 is 47.8 Å². The second kappa shape index (κ2) is 9.54. The molecule has 0 radical (unpaired) electrons. The minimum absolute atomic E-state index is 0.388. The van der Waals surface area contributed by atoms with Crippen LogP contribution in [0.25, 0.3) is 0 Å². The van der Waals surface area contributed by atoms with Crippen molar-refractivity contribution in [3.05, 3.63) is 29.3 Å². The molecule has 2 amide bonds. The Labute approximate surface area is 205 Å². The van der Waals surface area contributed by atoms with Crippen molar-refractivity contribution >= 4 is 24.8 Å². The molecule has 0 spiro atoms. The van der Waals surface area contributed by atoms with Crippen molar-refractivity contribution in [2.75, 3.05) is 0 Å². The fraction of sp³-hybridized carbons (Fsp3) is 0.692. The van der Waals surface area contributed by atoms with Gasteiger partial charge in [0.25, 0.3) is 0 Å². The Morgan fingerprint density at radius 3 is 1.79 bits per heavy atom. The number of aryl methyl sites for hydroxylation is 1. The molecule has 0 saturated carbocycles. The third kappa shape index (κ3) is 6.98. The maximum absolute atomic E-state index is 13.0. The van der Waals surface area contributed by atoms with Gasteiger partial charge in [-0.25, -0.2) is 14.5 Å². The SMILES string of the molecule is Cc1ccc(B2OC(C)(C)C(C)(C)O2)c(C[C@@H](C)N(C(=O)OC(C)(C)C)C(=O)OC(C)(C)C)c1. The van der Waals surface area contributed by atoms with Crippen LogP contribution in [-0.2, 0) is 25.2 Å². The minimum Gasteiger partial charge on any atom is -0.443 e. The van der Waals surface area contributed by atoms with Crippen molar-refractivity contribution in [3.63, 3.8) is 0 Å². The van der Waals surface area contributed by atoms with Crippen molar-refractivity contribution in [3.8, 4) is 0 Å². The molecular formula is C26H42BNO6. The zero-order valence-corrected chi connectivity index (χ0v) is 23.0. The van der Waals surface area contributed by atoms with Crippen LogP contribution in [0.2, 0.25) is 0 Å². The highest BCUT2D eigenvalue weighted by Gasteiger charge is 2.52. The van der Waals surface area contributed by atoms with Gasteiger partial charge in [0.1, 0.15) is 11.2 Å². The van der Waals surface area contributed by atoms with Crippen LogP contribution in [0.15, 0.2) is 18.2 Å². The Balaban J connectivity index is 2.39. The van der Waals surface area contributed by atoms with Gasteiger partial charge in [0.15, 0.2) is 0 Å². The second-order valence-electron chi connectivity index (χ2n) is 12.2. The summed E-state index contributed by atoms with van der Waals surface area (Å²) >= 11 is 0. The van der Waals surface area contributed by atoms with Crippen LogP contribution in [-0.4, -0.2) is 52.7 Å². The van der Waals surface area contributed by atoms with Crippen molar-refractivity contribution in [2.24, 2.45) is 0 Å². The van der Waals surface area contributed by atoms with E-state index in [1.54, 1.807) is 41.5 Å². The first kappa shape index (κ1) is 28.2. The van der Waals surface area contributed by atoms with Crippen LogP contribution < -0.4 is 5.46 Å². The Hall–Kier alpha value is -2.06. The number of amides is 2. The third-order valence-corrected chi connectivity index (χ3v) is 5.94. The summed E-state index contributed by atoms with van der Waals surface area (Å²) < 4.78 is 23.6. The van der Waals surface area contributed by atoms with Gasteiger partial charge in [-0.15, -0.1) is 0 Å². The molecule has 1 atom stereocenters. The van der Waals surface area contributed by atoms with Gasteiger partial charge in [0.2, 0.25) is 0 Å². The van der Waals surface area contributed by atoms with Gasteiger partial charge in [-0.3, -0.25) is 0 Å². The normalized spacial score (nSPS) is 18.4. The molecule has 0 N–H and O–H groups in total. The van der Waals surface area contributed by atoms with Crippen LogP contribution in [0.5, 0.6) is 0 Å². The molecule has 0 bridgehead atoms. The summed E-state index contributed by atoms with van der Waals surface area (Å²) in [5, 5.41) is 0. The largest absolute Gasteiger partial charge is 0.495 e. The lowest BCUT2D eigenvalue weighted by atomic mass is 9.74. The minimum atomic E-state index is -0.756. The topological polar surface area (TPSA) is 74.3 Å². The number of benzene rings is 1. The monoisotopic (exact) mass is 475 g/mol. The number of nitrogens with zero attached hydrogens (tertiary/aromatic N) is 1. The van der Waals surface area contributed by atoms with E-state index in [0.29, 0.717) is 6.42 Å². The highest BCUT2D eigenvalue weighted by molar-refractivity contribution is 6.62. The van der Waals surface area contributed by atoms with E-state index in [1.807, 2.05) is 59.7 Å². The standard InChI is InChI=1S/C26H42BNO6/c1-17-13-14-20(27-33-25(9,10)26(11,12)34-27)19(15-17)16-18(2)28(21(29)31-23(3,4)5)22(30)32-24(6,7)8/h13-15,18H,16H2,1-12H3/t18-/m1/s1. The second-order valence-corrected chi connectivity index (χ2v) is 12.2. The van der Waals surface area contributed by atoms with Crippen LogP contribution in [0.4, 0.5) is 9.59 Å². The first-order valence-corrected chi connectivity index (χ1v) is 11.9. The van der Waals surface area contributed by atoms with Gasteiger partial charge in [-0.1, -0.05) is 23.8 Å². The predicted octanol–water partition coefficient (Wildman–Crippen LogP) is 5.40. The highest BCUT2D eigenvalue weighted by atomic mass is 16.7. The predicted molar refractivity (Wildman–Crippen MR) is 134 cm³/mol. The molecule has 1 aliphatic rings. The van der Waals surface area contributed by atoms with Gasteiger partial charge in [-0.05, 0) is 101 Å². The van der Waals surface area contributed by atoms with Gasteiger partial charge in [0.05, 0.1) is 11.2 Å². The smallest absolute Gasteiger partial charge is 0.443 e. The molecule has 8 heteroatoms. The molecular weight excluding hydrogens is 433 g/mol. The van der Waals surface area contributed by atoms with E-state index in [-0.39, 0.29) is 0 Å². The first-order valence-electron chi connectivity index (χ1n) is 11.9. The maximum Gasteiger partial charge on any atom is 0.495 e. The molecule has 7 nitrogen and oxygen atoms in total. The zero-order chi connectivity index (χ0) is 26.3. The summed E-state index contributed by atoms with van der Waals surface area (Å²) in [4.78, 5) is 27.2. The van der Waals surface area contributed by atoms with Gasteiger partial charge in [-0.2, -0.15) is 0 Å². The zero-order valence-electron chi connectivity index (χ0n) is 23.0. The van der Waals surface area contributed by atoms with Gasteiger partial charge < -0.3 is 18.8 Å². The molecule has 1 aromatic carbocycles. The Bertz CT molecular complexity index is 869. The number of hydrogen-bond donors (Lipinski definition) is 0. The van der Waals surface area contributed by atoms with Crippen molar-refractivity contribution < 1.29 is 28.4 Å². The Morgan fingerprint density at radius 1 is 0.941 bits per heavy atom. The van der Waals surface area contributed by atoms with Crippen LogP contribution in [0.3, 0.4) is 0 Å². The van der Waals surface area contributed by atoms with E-state index >= 15 is 0 Å². The third-order valence-electron chi connectivity index (χ3n) is 5.94. The molecule has 1 saturated heterocycles. The molecule has 0 unspecified atom stereocenters. The summed E-state index contributed by atoms with van der Waals surface area (Å²) in [6.45, 7) is 22.4. The molecule has 0 aliphatic carbocycles. The van der Waals surface area contributed by atoms with Crippen LogP contribution >= 0.6 is 0 Å². The summed E-state index contributed by atoms with van der Waals surface area (Å²) in [5.74, 6) is 0. The molecule has 1 aliphatic heterocycles. The Morgan fingerprint density at radius 2 is 1.38 bits per heavy atom. The fourth-order valence-corrected chi connectivity index (χ4v) is 3.58. The number of carbonyl (C=O) groups is 2. The number of ether oxygens (including phenoxy) is 2. The number of hydrogen-bond acceptors (Lipinski definition) is 6. The van der Waals surface area contributed by atoms with E-state index in [9.17, 15) is 9.59 Å². The lowest BCUT2D eigenvalue weighted by molar-refractivity contribution is -0.00570. The number of carbonyl (C=O) groups excluding carboxylic acids is 2.